The molecule has 0 amide bonds. The van der Waals surface area contributed by atoms with Gasteiger partial charge in [0.05, 0.1) is 6.10 Å². The monoisotopic (exact) mass is 265 g/mol. The molecular weight excluding hydrogens is 241 g/mol. The molecule has 0 aliphatic heterocycles. The molecule has 106 valence electrons. The Kier molecular flexibility index (Phi) is 4.14. The normalized spacial score (nSPS) is 21.1. The van der Waals surface area contributed by atoms with Crippen LogP contribution in [0.25, 0.3) is 0 Å². The molecule has 0 radical (unpaired) electrons. The quantitative estimate of drug-likeness (QED) is 0.889. The summed E-state index contributed by atoms with van der Waals surface area (Å²) in [7, 11) is 0. The van der Waals surface area contributed by atoms with Gasteiger partial charge in [-0.2, -0.15) is 0 Å². The summed E-state index contributed by atoms with van der Waals surface area (Å²) in [6.07, 6.45) is 4.42. The minimum absolute atomic E-state index is 0.142. The van der Waals surface area contributed by atoms with Crippen molar-refractivity contribution in [2.75, 3.05) is 0 Å². The van der Waals surface area contributed by atoms with E-state index in [0.29, 0.717) is 11.2 Å². The van der Waals surface area contributed by atoms with E-state index in [0.717, 1.165) is 31.2 Å². The number of nitrogens with two attached hydrogens (primary N) is 1. The van der Waals surface area contributed by atoms with Gasteiger partial charge in [0.2, 0.25) is 0 Å². The van der Waals surface area contributed by atoms with Crippen molar-refractivity contribution in [2.45, 2.75) is 58.6 Å². The van der Waals surface area contributed by atoms with Crippen molar-refractivity contribution in [2.24, 2.45) is 11.1 Å². The number of rotatable bonds is 3. The predicted octanol–water partition coefficient (Wildman–Crippen LogP) is 4.19. The Labute approximate surface area is 115 Å². The first-order valence-electron chi connectivity index (χ1n) is 7.09. The van der Waals surface area contributed by atoms with Crippen molar-refractivity contribution in [1.29, 1.82) is 0 Å². The Hall–Kier alpha value is -1.09. The van der Waals surface area contributed by atoms with E-state index in [4.69, 9.17) is 10.5 Å². The summed E-state index contributed by atoms with van der Waals surface area (Å²) in [5, 5.41) is 0. The van der Waals surface area contributed by atoms with Crippen LogP contribution in [0.15, 0.2) is 18.2 Å². The van der Waals surface area contributed by atoms with E-state index in [1.54, 1.807) is 6.07 Å². The molecule has 1 aliphatic rings. The van der Waals surface area contributed by atoms with Gasteiger partial charge in [0.1, 0.15) is 0 Å². The molecule has 1 saturated carbocycles. The van der Waals surface area contributed by atoms with Crippen LogP contribution in [0.3, 0.4) is 0 Å². The molecule has 0 aromatic heterocycles. The highest BCUT2D eigenvalue weighted by molar-refractivity contribution is 5.31. The highest BCUT2D eigenvalue weighted by atomic mass is 19.1. The van der Waals surface area contributed by atoms with Gasteiger partial charge in [-0.15, -0.1) is 0 Å². The molecule has 2 N–H and O–H groups in total. The average molecular weight is 265 g/mol. The van der Waals surface area contributed by atoms with Crippen molar-refractivity contribution in [3.8, 4) is 5.75 Å². The molecule has 1 fully saturated rings. The maximum atomic E-state index is 13.9. The van der Waals surface area contributed by atoms with Crippen molar-refractivity contribution in [3.05, 3.63) is 29.6 Å². The van der Waals surface area contributed by atoms with Crippen LogP contribution in [0.2, 0.25) is 0 Å². The highest BCUT2D eigenvalue weighted by Crippen LogP contribution is 2.37. The summed E-state index contributed by atoms with van der Waals surface area (Å²) < 4.78 is 19.7. The molecule has 0 spiro atoms. The molecule has 2 rings (SSSR count). The molecule has 2 nitrogen and oxygen atoms in total. The van der Waals surface area contributed by atoms with E-state index in [-0.39, 0.29) is 18.0 Å². The number of benzene rings is 1. The Morgan fingerprint density at radius 3 is 2.47 bits per heavy atom. The van der Waals surface area contributed by atoms with E-state index >= 15 is 0 Å². The maximum Gasteiger partial charge on any atom is 0.165 e. The molecule has 0 saturated heterocycles. The van der Waals surface area contributed by atoms with Gasteiger partial charge >= 0.3 is 0 Å². The first-order chi connectivity index (χ1) is 8.87. The fraction of sp³-hybridized carbons (Fsp3) is 0.625. The summed E-state index contributed by atoms with van der Waals surface area (Å²) in [6, 6.07) is 4.87. The predicted molar refractivity (Wildman–Crippen MR) is 75.7 cm³/mol. The van der Waals surface area contributed by atoms with E-state index in [2.05, 4.69) is 13.8 Å². The van der Waals surface area contributed by atoms with Crippen molar-refractivity contribution in [1.82, 2.24) is 0 Å². The van der Waals surface area contributed by atoms with Gasteiger partial charge in [0, 0.05) is 6.04 Å². The van der Waals surface area contributed by atoms with Crippen molar-refractivity contribution in [3.63, 3.8) is 0 Å². The lowest BCUT2D eigenvalue weighted by atomic mass is 9.76. The fourth-order valence-electron chi connectivity index (χ4n) is 2.57. The van der Waals surface area contributed by atoms with Crippen LogP contribution in [0.5, 0.6) is 5.75 Å². The number of ether oxygens (including phenoxy) is 1. The first kappa shape index (κ1) is 14.3. The average Bonchev–Trinajstić information content (AvgIpc) is 2.34. The minimum atomic E-state index is -0.306. The molecule has 19 heavy (non-hydrogen) atoms. The van der Waals surface area contributed by atoms with Gasteiger partial charge in [0.15, 0.2) is 11.6 Å². The molecular formula is C16H24FNO. The third-order valence-corrected chi connectivity index (χ3v) is 4.06. The van der Waals surface area contributed by atoms with E-state index < -0.39 is 0 Å². The zero-order valence-electron chi connectivity index (χ0n) is 12.1. The van der Waals surface area contributed by atoms with Crippen LogP contribution < -0.4 is 10.5 Å². The molecule has 1 aromatic carbocycles. The van der Waals surface area contributed by atoms with Crippen molar-refractivity contribution < 1.29 is 9.13 Å². The van der Waals surface area contributed by atoms with E-state index in [1.807, 2.05) is 13.0 Å². The van der Waals surface area contributed by atoms with Gasteiger partial charge in [0.25, 0.3) is 0 Å². The summed E-state index contributed by atoms with van der Waals surface area (Å²) >= 11 is 0. The van der Waals surface area contributed by atoms with Crippen molar-refractivity contribution >= 4 is 0 Å². The molecule has 0 heterocycles. The smallest absolute Gasteiger partial charge is 0.165 e. The third-order valence-electron chi connectivity index (χ3n) is 4.06. The standard InChI is InChI=1S/C16H24FNO/c1-11(18)12-4-5-15(14(17)10-12)19-13-6-8-16(2,3)9-7-13/h4-5,10-11,13H,6-9,18H2,1-3H3/t11-/m0/s1. The lowest BCUT2D eigenvalue weighted by Gasteiger charge is -2.34. The Bertz CT molecular complexity index is 432. The van der Waals surface area contributed by atoms with Gasteiger partial charge in [-0.3, -0.25) is 0 Å². The second-order valence-electron chi connectivity index (χ2n) is 6.46. The lowest BCUT2D eigenvalue weighted by Crippen LogP contribution is -2.28. The second-order valence-corrected chi connectivity index (χ2v) is 6.46. The molecule has 3 heteroatoms. The summed E-state index contributed by atoms with van der Waals surface area (Å²) in [6.45, 7) is 6.40. The van der Waals surface area contributed by atoms with Gasteiger partial charge in [-0.25, -0.2) is 4.39 Å². The SMILES string of the molecule is C[C@H](N)c1ccc(OC2CCC(C)(C)CC2)c(F)c1. The van der Waals surface area contributed by atoms with Gasteiger partial charge in [-0.1, -0.05) is 19.9 Å². The van der Waals surface area contributed by atoms with Crippen LogP contribution in [0.4, 0.5) is 4.39 Å². The van der Waals surface area contributed by atoms with Crippen LogP contribution in [0.1, 0.15) is 58.1 Å². The molecule has 0 bridgehead atoms. The highest BCUT2D eigenvalue weighted by Gasteiger charge is 2.28. The molecule has 1 aromatic rings. The minimum Gasteiger partial charge on any atom is -0.487 e. The Morgan fingerprint density at radius 2 is 1.95 bits per heavy atom. The van der Waals surface area contributed by atoms with Crippen LogP contribution in [-0.2, 0) is 0 Å². The second kappa shape index (κ2) is 5.49. The largest absolute Gasteiger partial charge is 0.487 e. The van der Waals surface area contributed by atoms with Gasteiger partial charge < -0.3 is 10.5 Å². The van der Waals surface area contributed by atoms with Crippen LogP contribution >= 0.6 is 0 Å². The summed E-state index contributed by atoms with van der Waals surface area (Å²) in [5.74, 6) is 0.0498. The number of hydrogen-bond donors (Lipinski definition) is 1. The molecule has 0 unspecified atom stereocenters. The summed E-state index contributed by atoms with van der Waals surface area (Å²) in [5.41, 5.74) is 6.94. The van der Waals surface area contributed by atoms with E-state index in [1.165, 1.54) is 6.07 Å². The topological polar surface area (TPSA) is 35.2 Å². The van der Waals surface area contributed by atoms with Crippen LogP contribution in [0, 0.1) is 11.2 Å². The lowest BCUT2D eigenvalue weighted by molar-refractivity contribution is 0.0952. The van der Waals surface area contributed by atoms with E-state index in [9.17, 15) is 4.39 Å². The van der Waals surface area contributed by atoms with Gasteiger partial charge in [-0.05, 0) is 55.7 Å². The Balaban J connectivity index is 2.00. The molecule has 1 atom stereocenters. The number of halogens is 1. The fourth-order valence-corrected chi connectivity index (χ4v) is 2.57. The first-order valence-corrected chi connectivity index (χ1v) is 7.09. The zero-order chi connectivity index (χ0) is 14.0. The number of hydrogen-bond acceptors (Lipinski definition) is 2. The van der Waals surface area contributed by atoms with Crippen LogP contribution in [-0.4, -0.2) is 6.10 Å². The maximum absolute atomic E-state index is 13.9. The zero-order valence-corrected chi connectivity index (χ0v) is 12.1. The molecule has 1 aliphatic carbocycles. The third kappa shape index (κ3) is 3.69. The Morgan fingerprint density at radius 1 is 1.32 bits per heavy atom. The summed E-state index contributed by atoms with van der Waals surface area (Å²) in [4.78, 5) is 0.